The number of piperidine rings is 1. The highest BCUT2D eigenvalue weighted by Crippen LogP contribution is 2.36. The van der Waals surface area contributed by atoms with Gasteiger partial charge in [0.2, 0.25) is 10.0 Å². The average Bonchev–Trinajstić information content (AvgIpc) is 2.76. The molecule has 1 N–H and O–H groups in total. The Hall–Kier alpha value is -1.51. The number of halogens is 1. The number of benzene rings is 1. The molecule has 144 valence electrons. The summed E-state index contributed by atoms with van der Waals surface area (Å²) >= 11 is 6.02. The third kappa shape index (κ3) is 4.42. The molecule has 2 heterocycles. The molecule has 1 aromatic rings. The fourth-order valence-corrected chi connectivity index (χ4v) is 4.43. The first-order valence-corrected chi connectivity index (χ1v) is 10.9. The highest BCUT2D eigenvalue weighted by Gasteiger charge is 2.32. The number of carbonyl (C=O) groups is 1. The molecule has 2 aliphatic rings. The summed E-state index contributed by atoms with van der Waals surface area (Å²) in [6.45, 7) is 2.05. The van der Waals surface area contributed by atoms with Gasteiger partial charge in [-0.1, -0.05) is 11.6 Å². The highest BCUT2D eigenvalue weighted by atomic mass is 35.5. The van der Waals surface area contributed by atoms with Crippen LogP contribution >= 0.6 is 11.6 Å². The van der Waals surface area contributed by atoms with Gasteiger partial charge in [-0.15, -0.1) is 0 Å². The predicted molar refractivity (Wildman–Crippen MR) is 101 cm³/mol. The zero-order chi connectivity index (χ0) is 18.9. The van der Waals surface area contributed by atoms with Gasteiger partial charge in [0.25, 0.3) is 5.91 Å². The summed E-state index contributed by atoms with van der Waals surface area (Å²) in [5.41, 5.74) is 0.370. The summed E-state index contributed by atoms with van der Waals surface area (Å²) in [5.74, 6) is 0.150. The lowest BCUT2D eigenvalue weighted by Gasteiger charge is -2.30. The summed E-state index contributed by atoms with van der Waals surface area (Å²) in [5, 5.41) is 3.46. The number of rotatable bonds is 3. The van der Waals surface area contributed by atoms with Crippen molar-refractivity contribution in [1.29, 1.82) is 0 Å². The van der Waals surface area contributed by atoms with Gasteiger partial charge in [-0.3, -0.25) is 9.10 Å². The van der Waals surface area contributed by atoms with Crippen LogP contribution in [0.5, 0.6) is 5.75 Å². The van der Waals surface area contributed by atoms with E-state index in [9.17, 15) is 13.2 Å². The van der Waals surface area contributed by atoms with Crippen LogP contribution in [0.25, 0.3) is 0 Å². The topological polar surface area (TPSA) is 79.0 Å². The minimum atomic E-state index is -3.50. The second-order valence-corrected chi connectivity index (χ2v) is 9.27. The maximum atomic E-state index is 12.7. The molecule has 1 fully saturated rings. The van der Waals surface area contributed by atoms with Crippen molar-refractivity contribution >= 4 is 33.2 Å². The van der Waals surface area contributed by atoms with Crippen molar-refractivity contribution < 1.29 is 17.9 Å². The van der Waals surface area contributed by atoms with Gasteiger partial charge in [-0.05, 0) is 51.2 Å². The number of fused-ring (bicyclic) bond motifs is 1. The molecule has 2 aliphatic heterocycles. The molecule has 0 bridgehead atoms. The lowest BCUT2D eigenvalue weighted by molar-refractivity contribution is -0.129. The van der Waals surface area contributed by atoms with Crippen LogP contribution in [0, 0.1) is 0 Å². The molecule has 0 aromatic heterocycles. The normalized spacial score (nSPS) is 22.3. The van der Waals surface area contributed by atoms with E-state index in [1.807, 2.05) is 0 Å². The molecule has 9 heteroatoms. The Morgan fingerprint density at radius 1 is 1.23 bits per heavy atom. The largest absolute Gasteiger partial charge is 0.478 e. The van der Waals surface area contributed by atoms with E-state index in [1.54, 1.807) is 18.2 Å². The molecular weight excluding hydrogens is 378 g/mol. The van der Waals surface area contributed by atoms with Crippen LogP contribution in [0.2, 0.25) is 5.02 Å². The van der Waals surface area contributed by atoms with Crippen molar-refractivity contribution in [3.8, 4) is 5.75 Å². The van der Waals surface area contributed by atoms with E-state index < -0.39 is 16.1 Å². The summed E-state index contributed by atoms with van der Waals surface area (Å²) in [6.07, 6.45) is 2.48. The van der Waals surface area contributed by atoms with Crippen molar-refractivity contribution in [1.82, 2.24) is 10.2 Å². The van der Waals surface area contributed by atoms with E-state index in [0.717, 1.165) is 32.2 Å². The molecular formula is C17H24ClN3O4S. The first kappa shape index (κ1) is 19.3. The Bertz CT molecular complexity index is 778. The van der Waals surface area contributed by atoms with Crippen LogP contribution in [0.1, 0.15) is 19.3 Å². The smallest absolute Gasteiger partial charge is 0.261 e. The number of hydrogen-bond acceptors (Lipinski definition) is 5. The summed E-state index contributed by atoms with van der Waals surface area (Å²) in [4.78, 5) is 14.9. The number of anilines is 1. The standard InChI is InChI=1S/C17H24ClN3O4S/c1-20-8-5-13(6-9-20)19-17(22)16-7-10-21(26(2,23)24)14-11-12(18)3-4-15(14)25-16/h3-4,11,13,16H,5-10H2,1-2H3,(H,19,22). The number of carbonyl (C=O) groups excluding carboxylic acids is 1. The Kier molecular flexibility index (Phi) is 5.64. The maximum absolute atomic E-state index is 12.7. The molecule has 1 unspecified atom stereocenters. The lowest BCUT2D eigenvalue weighted by Crippen LogP contribution is -2.48. The minimum absolute atomic E-state index is 0.126. The Balaban J connectivity index is 1.77. The molecule has 7 nitrogen and oxygen atoms in total. The first-order valence-electron chi connectivity index (χ1n) is 8.67. The van der Waals surface area contributed by atoms with E-state index in [2.05, 4.69) is 17.3 Å². The zero-order valence-electron chi connectivity index (χ0n) is 14.9. The Morgan fingerprint density at radius 3 is 2.58 bits per heavy atom. The Labute approximate surface area is 159 Å². The molecule has 1 atom stereocenters. The number of nitrogens with one attached hydrogen (secondary N) is 1. The van der Waals surface area contributed by atoms with E-state index in [0.29, 0.717) is 16.5 Å². The number of hydrogen-bond donors (Lipinski definition) is 1. The van der Waals surface area contributed by atoms with Gasteiger partial charge < -0.3 is 15.0 Å². The lowest BCUT2D eigenvalue weighted by atomic mass is 10.0. The van der Waals surface area contributed by atoms with E-state index in [1.165, 1.54) is 4.31 Å². The molecule has 3 rings (SSSR count). The Morgan fingerprint density at radius 2 is 1.92 bits per heavy atom. The fourth-order valence-electron chi connectivity index (χ4n) is 3.33. The highest BCUT2D eigenvalue weighted by molar-refractivity contribution is 7.92. The van der Waals surface area contributed by atoms with E-state index >= 15 is 0 Å². The fraction of sp³-hybridized carbons (Fsp3) is 0.588. The monoisotopic (exact) mass is 401 g/mol. The summed E-state index contributed by atoms with van der Waals surface area (Å²) in [7, 11) is -1.44. The molecule has 0 radical (unpaired) electrons. The quantitative estimate of drug-likeness (QED) is 0.829. The first-order chi connectivity index (χ1) is 12.2. The van der Waals surface area contributed by atoms with Crippen molar-refractivity contribution in [3.05, 3.63) is 23.2 Å². The number of nitrogens with zero attached hydrogens (tertiary/aromatic N) is 2. The van der Waals surface area contributed by atoms with Crippen LogP contribution in [0.15, 0.2) is 18.2 Å². The second-order valence-electron chi connectivity index (χ2n) is 6.93. The maximum Gasteiger partial charge on any atom is 0.261 e. The molecule has 26 heavy (non-hydrogen) atoms. The zero-order valence-corrected chi connectivity index (χ0v) is 16.5. The van der Waals surface area contributed by atoms with Crippen molar-refractivity contribution in [2.75, 3.05) is 37.2 Å². The van der Waals surface area contributed by atoms with Gasteiger partial charge in [0, 0.05) is 24.0 Å². The SMILES string of the molecule is CN1CCC(NC(=O)C2CCN(S(C)(=O)=O)c3cc(Cl)ccc3O2)CC1. The van der Waals surface area contributed by atoms with Gasteiger partial charge >= 0.3 is 0 Å². The molecule has 0 saturated carbocycles. The molecule has 1 saturated heterocycles. The van der Waals surface area contributed by atoms with Crippen LogP contribution in [0.4, 0.5) is 5.69 Å². The summed E-state index contributed by atoms with van der Waals surface area (Å²) in [6, 6.07) is 4.91. The van der Waals surface area contributed by atoms with Crippen LogP contribution in [0.3, 0.4) is 0 Å². The van der Waals surface area contributed by atoms with Crippen molar-refractivity contribution in [2.24, 2.45) is 0 Å². The van der Waals surface area contributed by atoms with Gasteiger partial charge in [-0.25, -0.2) is 8.42 Å². The molecule has 1 aromatic carbocycles. The molecule has 0 aliphatic carbocycles. The molecule has 0 spiro atoms. The number of sulfonamides is 1. The molecule has 1 amide bonds. The van der Waals surface area contributed by atoms with Gasteiger partial charge in [-0.2, -0.15) is 0 Å². The third-order valence-corrected chi connectivity index (χ3v) is 6.23. The number of ether oxygens (including phenoxy) is 1. The van der Waals surface area contributed by atoms with Gasteiger partial charge in [0.1, 0.15) is 5.75 Å². The second kappa shape index (κ2) is 7.62. The van der Waals surface area contributed by atoms with Crippen molar-refractivity contribution in [3.63, 3.8) is 0 Å². The van der Waals surface area contributed by atoms with E-state index in [-0.39, 0.29) is 24.9 Å². The van der Waals surface area contributed by atoms with E-state index in [4.69, 9.17) is 16.3 Å². The van der Waals surface area contributed by atoms with Crippen LogP contribution in [-0.4, -0.2) is 64.3 Å². The van der Waals surface area contributed by atoms with Gasteiger partial charge in [0.15, 0.2) is 6.10 Å². The predicted octanol–water partition coefficient (Wildman–Crippen LogP) is 1.47. The summed E-state index contributed by atoms with van der Waals surface area (Å²) < 4.78 is 31.4. The minimum Gasteiger partial charge on any atom is -0.478 e. The van der Waals surface area contributed by atoms with Gasteiger partial charge in [0.05, 0.1) is 11.9 Å². The number of likely N-dealkylation sites (tertiary alicyclic amines) is 1. The van der Waals surface area contributed by atoms with Crippen LogP contribution < -0.4 is 14.4 Å². The third-order valence-electron chi connectivity index (χ3n) is 4.81. The van der Waals surface area contributed by atoms with Crippen molar-refractivity contribution in [2.45, 2.75) is 31.4 Å². The number of amides is 1. The van der Waals surface area contributed by atoms with Crippen LogP contribution in [-0.2, 0) is 14.8 Å². The average molecular weight is 402 g/mol.